The van der Waals surface area contributed by atoms with Crippen LogP contribution in [0, 0.1) is 0 Å². The van der Waals surface area contributed by atoms with E-state index in [9.17, 15) is 4.79 Å². The lowest BCUT2D eigenvalue weighted by Crippen LogP contribution is -2.71. The van der Waals surface area contributed by atoms with Gasteiger partial charge in [-0.25, -0.2) is 0 Å². The number of benzene rings is 1. The fraction of sp³-hybridized carbons (Fsp3) is 0.550. The third kappa shape index (κ3) is 1.75. The van der Waals surface area contributed by atoms with E-state index in [4.69, 9.17) is 0 Å². The van der Waals surface area contributed by atoms with Crippen LogP contribution in [0.3, 0.4) is 0 Å². The highest BCUT2D eigenvalue weighted by Gasteiger charge is 2.57. The molecule has 0 radical (unpaired) electrons. The Bertz CT molecular complexity index is 810. The van der Waals surface area contributed by atoms with E-state index in [1.807, 2.05) is 0 Å². The van der Waals surface area contributed by atoms with Crippen molar-refractivity contribution in [2.24, 2.45) is 0 Å². The first-order valence-electron chi connectivity index (χ1n) is 9.43. The maximum Gasteiger partial charge on any atom is 0.240 e. The normalized spacial score (nSPS) is 31.4. The van der Waals surface area contributed by atoms with Crippen molar-refractivity contribution in [1.29, 1.82) is 0 Å². The summed E-state index contributed by atoms with van der Waals surface area (Å²) >= 11 is 0. The predicted octanol–water partition coefficient (Wildman–Crippen LogP) is 3.07. The van der Waals surface area contributed by atoms with Crippen molar-refractivity contribution < 1.29 is 4.79 Å². The fourth-order valence-corrected chi connectivity index (χ4v) is 5.41. The Balaban J connectivity index is 1.75. The maximum absolute atomic E-state index is 13.0. The third-order valence-electron chi connectivity index (χ3n) is 6.43. The highest BCUT2D eigenvalue weighted by molar-refractivity contribution is 5.90. The molecule has 4 nitrogen and oxygen atoms in total. The second-order valence-corrected chi connectivity index (χ2v) is 7.69. The first-order chi connectivity index (χ1) is 11.7. The summed E-state index contributed by atoms with van der Waals surface area (Å²) in [6, 6.07) is 8.82. The van der Waals surface area contributed by atoms with Crippen LogP contribution in [0.4, 0.5) is 0 Å². The lowest BCUT2D eigenvalue weighted by atomic mass is 9.72. The molecule has 4 heterocycles. The van der Waals surface area contributed by atoms with Gasteiger partial charge in [0.25, 0.3) is 0 Å². The molecule has 0 unspecified atom stereocenters. The average molecular weight is 323 g/mol. The molecule has 5 rings (SSSR count). The van der Waals surface area contributed by atoms with E-state index in [1.54, 1.807) is 0 Å². The quantitative estimate of drug-likeness (QED) is 0.912. The fourth-order valence-electron chi connectivity index (χ4n) is 5.41. The predicted molar refractivity (Wildman–Crippen MR) is 94.9 cm³/mol. The minimum absolute atomic E-state index is 0.0529. The zero-order valence-electron chi connectivity index (χ0n) is 14.3. The number of hydrogen-bond donors (Lipinski definition) is 2. The Kier molecular flexibility index (Phi) is 3.08. The van der Waals surface area contributed by atoms with Gasteiger partial charge in [-0.05, 0) is 37.3 Å². The first-order valence-corrected chi connectivity index (χ1v) is 9.43. The Hall–Kier alpha value is -1.81. The van der Waals surface area contributed by atoms with Crippen LogP contribution in [-0.2, 0) is 16.8 Å². The van der Waals surface area contributed by atoms with Crippen molar-refractivity contribution in [1.82, 2.24) is 15.2 Å². The summed E-state index contributed by atoms with van der Waals surface area (Å²) in [4.78, 5) is 18.9. The van der Waals surface area contributed by atoms with Crippen LogP contribution >= 0.6 is 0 Å². The van der Waals surface area contributed by atoms with E-state index in [-0.39, 0.29) is 11.6 Å². The van der Waals surface area contributed by atoms with E-state index in [0.717, 1.165) is 32.2 Å². The number of H-pyrrole nitrogens is 1. The number of nitrogens with one attached hydrogen (secondary N) is 2. The van der Waals surface area contributed by atoms with Gasteiger partial charge in [0.15, 0.2) is 0 Å². The summed E-state index contributed by atoms with van der Waals surface area (Å²) < 4.78 is 0. The van der Waals surface area contributed by atoms with E-state index in [2.05, 4.69) is 46.4 Å². The molecule has 126 valence electrons. The van der Waals surface area contributed by atoms with Crippen LogP contribution in [-0.4, -0.2) is 34.4 Å². The number of aromatic nitrogens is 1. The van der Waals surface area contributed by atoms with Crippen molar-refractivity contribution in [2.75, 3.05) is 6.54 Å². The van der Waals surface area contributed by atoms with Crippen LogP contribution in [0.15, 0.2) is 24.3 Å². The molecule has 0 aliphatic carbocycles. The number of piperazine rings is 1. The molecule has 3 atom stereocenters. The van der Waals surface area contributed by atoms with Crippen LogP contribution in [0.5, 0.6) is 0 Å². The molecule has 3 aliphatic heterocycles. The molecule has 2 fully saturated rings. The standard InChI is InChI=1S/C20H25N3O/c1-2-3-10-20-17-9-6-11-23(17)19(24)16(22-20)12-14-13-7-4-5-8-15(13)21-18(14)20/h4-5,7-8,16-17,21-22H,2-3,6,9-12H2,1H3/t16-,17+,20-/m1/s1. The van der Waals surface area contributed by atoms with Crippen LogP contribution in [0.2, 0.25) is 0 Å². The van der Waals surface area contributed by atoms with Gasteiger partial charge in [0.05, 0.1) is 17.6 Å². The molecule has 1 amide bonds. The van der Waals surface area contributed by atoms with Crippen LogP contribution < -0.4 is 5.32 Å². The van der Waals surface area contributed by atoms with E-state index >= 15 is 0 Å². The molecule has 24 heavy (non-hydrogen) atoms. The van der Waals surface area contributed by atoms with Crippen molar-refractivity contribution >= 4 is 16.8 Å². The largest absolute Gasteiger partial charge is 0.357 e. The number of hydrogen-bond acceptors (Lipinski definition) is 2. The number of fused-ring (bicyclic) bond motifs is 8. The van der Waals surface area contributed by atoms with E-state index in [1.165, 1.54) is 35.0 Å². The molecule has 4 heteroatoms. The van der Waals surface area contributed by atoms with Crippen LogP contribution in [0.25, 0.3) is 10.9 Å². The highest BCUT2D eigenvalue weighted by atomic mass is 16.2. The smallest absolute Gasteiger partial charge is 0.240 e. The monoisotopic (exact) mass is 323 g/mol. The van der Waals surface area contributed by atoms with Gasteiger partial charge in [-0.15, -0.1) is 0 Å². The highest BCUT2D eigenvalue weighted by Crippen LogP contribution is 2.47. The SMILES string of the molecule is CCCC[C@]12N[C@H](Cc3c1[nH]c1ccccc31)C(=O)N1CCC[C@H]12. The van der Waals surface area contributed by atoms with Crippen molar-refractivity contribution in [2.45, 2.75) is 63.1 Å². The third-order valence-corrected chi connectivity index (χ3v) is 6.43. The van der Waals surface area contributed by atoms with Gasteiger partial charge in [0.2, 0.25) is 5.91 Å². The first kappa shape index (κ1) is 14.5. The molecule has 2 N–H and O–H groups in total. The van der Waals surface area contributed by atoms with Gasteiger partial charge in [0.1, 0.15) is 0 Å². The van der Waals surface area contributed by atoms with Gasteiger partial charge < -0.3 is 9.88 Å². The summed E-state index contributed by atoms with van der Waals surface area (Å²) in [6.45, 7) is 3.19. The number of carbonyl (C=O) groups excluding carboxylic acids is 1. The number of aromatic amines is 1. The number of para-hydroxylation sites is 1. The number of carbonyl (C=O) groups is 1. The molecule has 0 spiro atoms. The summed E-state index contributed by atoms with van der Waals surface area (Å²) in [7, 11) is 0. The van der Waals surface area contributed by atoms with Gasteiger partial charge in [-0.2, -0.15) is 0 Å². The Morgan fingerprint density at radius 1 is 1.33 bits per heavy atom. The Morgan fingerprint density at radius 3 is 3.08 bits per heavy atom. The number of rotatable bonds is 3. The van der Waals surface area contributed by atoms with E-state index in [0.29, 0.717) is 11.9 Å². The molecule has 1 aromatic heterocycles. The average Bonchev–Trinajstić information content (AvgIpc) is 3.24. The van der Waals surface area contributed by atoms with Crippen LogP contribution in [0.1, 0.15) is 50.3 Å². The topological polar surface area (TPSA) is 48.1 Å². The lowest BCUT2D eigenvalue weighted by molar-refractivity contribution is -0.143. The maximum atomic E-state index is 13.0. The summed E-state index contributed by atoms with van der Waals surface area (Å²) in [6.07, 6.45) is 6.54. The van der Waals surface area contributed by atoms with Gasteiger partial charge in [-0.1, -0.05) is 38.0 Å². The Morgan fingerprint density at radius 2 is 2.21 bits per heavy atom. The minimum Gasteiger partial charge on any atom is -0.357 e. The second kappa shape index (κ2) is 5.09. The molecule has 2 saturated heterocycles. The minimum atomic E-state index is -0.0856. The number of nitrogens with zero attached hydrogens (tertiary/aromatic N) is 1. The van der Waals surface area contributed by atoms with Gasteiger partial charge in [0, 0.05) is 23.1 Å². The number of amides is 1. The zero-order chi connectivity index (χ0) is 16.3. The molecule has 2 bridgehead atoms. The lowest BCUT2D eigenvalue weighted by Gasteiger charge is -2.53. The molecular formula is C20H25N3O. The van der Waals surface area contributed by atoms with Crippen molar-refractivity contribution in [3.05, 3.63) is 35.5 Å². The van der Waals surface area contributed by atoms with Crippen molar-refractivity contribution in [3.63, 3.8) is 0 Å². The Labute approximate surface area is 142 Å². The molecule has 3 aliphatic rings. The molecule has 2 aromatic rings. The molecule has 1 aromatic carbocycles. The summed E-state index contributed by atoms with van der Waals surface area (Å²) in [5, 5.41) is 5.12. The summed E-state index contributed by atoms with van der Waals surface area (Å²) in [5.41, 5.74) is 3.87. The van der Waals surface area contributed by atoms with E-state index < -0.39 is 0 Å². The van der Waals surface area contributed by atoms with Crippen molar-refractivity contribution in [3.8, 4) is 0 Å². The molecule has 0 saturated carbocycles. The van der Waals surface area contributed by atoms with Gasteiger partial charge >= 0.3 is 0 Å². The summed E-state index contributed by atoms with van der Waals surface area (Å²) in [5.74, 6) is 0.320. The second-order valence-electron chi connectivity index (χ2n) is 7.69. The van der Waals surface area contributed by atoms with Gasteiger partial charge in [-0.3, -0.25) is 10.1 Å². The zero-order valence-corrected chi connectivity index (χ0v) is 14.3. The number of unbranched alkanes of at least 4 members (excludes halogenated alkanes) is 1. The molecular weight excluding hydrogens is 298 g/mol.